The summed E-state index contributed by atoms with van der Waals surface area (Å²) in [6.45, 7) is 4.02. The first-order valence-electron chi connectivity index (χ1n) is 7.55. The molecule has 1 N–H and O–H groups in total. The lowest BCUT2D eigenvalue weighted by atomic mass is 9.83. The Balaban J connectivity index is 1.75. The Hall–Kier alpha value is -2.10. The molecule has 0 spiro atoms. The Bertz CT molecular complexity index is 656. The van der Waals surface area contributed by atoms with E-state index >= 15 is 0 Å². The Morgan fingerprint density at radius 1 is 1.33 bits per heavy atom. The SMILES string of the molecule is Cc1ccn(-c2cc(NC(=O)CC3CCC3)ccc2C)n1. The van der Waals surface area contributed by atoms with Crippen molar-refractivity contribution in [2.24, 2.45) is 5.92 Å². The molecule has 1 aliphatic rings. The lowest BCUT2D eigenvalue weighted by Crippen LogP contribution is -2.21. The molecule has 1 aromatic heterocycles. The summed E-state index contributed by atoms with van der Waals surface area (Å²) in [5.74, 6) is 0.704. The zero-order valence-corrected chi connectivity index (χ0v) is 12.6. The van der Waals surface area contributed by atoms with Gasteiger partial charge in [-0.15, -0.1) is 0 Å². The third kappa shape index (κ3) is 3.15. The molecule has 4 heteroatoms. The van der Waals surface area contributed by atoms with Crippen LogP contribution in [0, 0.1) is 19.8 Å². The van der Waals surface area contributed by atoms with Crippen molar-refractivity contribution < 1.29 is 4.79 Å². The number of carbonyl (C=O) groups is 1. The van der Waals surface area contributed by atoms with Crippen molar-refractivity contribution >= 4 is 11.6 Å². The number of carbonyl (C=O) groups excluding carboxylic acids is 1. The standard InChI is InChI=1S/C17H21N3O/c1-12-6-7-15(18-17(21)10-14-4-3-5-14)11-16(12)20-9-8-13(2)19-20/h6-9,11,14H,3-5,10H2,1-2H3,(H,18,21). The zero-order chi connectivity index (χ0) is 14.8. The van der Waals surface area contributed by atoms with Gasteiger partial charge in [0.25, 0.3) is 0 Å². The van der Waals surface area contributed by atoms with Crippen LogP contribution in [-0.2, 0) is 4.79 Å². The van der Waals surface area contributed by atoms with Crippen LogP contribution in [0.1, 0.15) is 36.9 Å². The fraction of sp³-hybridized carbons (Fsp3) is 0.412. The molecule has 0 saturated heterocycles. The van der Waals surface area contributed by atoms with Crippen LogP contribution in [-0.4, -0.2) is 15.7 Å². The minimum absolute atomic E-state index is 0.117. The van der Waals surface area contributed by atoms with E-state index in [1.54, 1.807) is 0 Å². The topological polar surface area (TPSA) is 46.9 Å². The maximum atomic E-state index is 12.0. The molecule has 0 bridgehead atoms. The lowest BCUT2D eigenvalue weighted by Gasteiger charge is -2.24. The van der Waals surface area contributed by atoms with E-state index in [4.69, 9.17) is 0 Å². The van der Waals surface area contributed by atoms with E-state index in [-0.39, 0.29) is 5.91 Å². The Morgan fingerprint density at radius 3 is 2.76 bits per heavy atom. The summed E-state index contributed by atoms with van der Waals surface area (Å²) in [7, 11) is 0. The smallest absolute Gasteiger partial charge is 0.224 e. The summed E-state index contributed by atoms with van der Waals surface area (Å²) in [6.07, 6.45) is 6.24. The highest BCUT2D eigenvalue weighted by Crippen LogP contribution is 2.29. The van der Waals surface area contributed by atoms with Gasteiger partial charge in [-0.05, 0) is 56.4 Å². The van der Waals surface area contributed by atoms with Gasteiger partial charge in [-0.25, -0.2) is 4.68 Å². The van der Waals surface area contributed by atoms with Gasteiger partial charge in [0.05, 0.1) is 11.4 Å². The number of aromatic nitrogens is 2. The van der Waals surface area contributed by atoms with Gasteiger partial charge in [-0.3, -0.25) is 4.79 Å². The molecule has 2 aromatic rings. The first-order valence-corrected chi connectivity index (χ1v) is 7.55. The van der Waals surface area contributed by atoms with Crippen LogP contribution >= 0.6 is 0 Å². The Labute approximate surface area is 125 Å². The molecule has 0 aliphatic heterocycles. The number of aryl methyl sites for hydroxylation is 2. The minimum atomic E-state index is 0.117. The fourth-order valence-corrected chi connectivity index (χ4v) is 2.65. The predicted octanol–water partition coefficient (Wildman–Crippen LogP) is 3.62. The third-order valence-electron chi connectivity index (χ3n) is 4.16. The number of hydrogen-bond acceptors (Lipinski definition) is 2. The molecule has 1 aliphatic carbocycles. The molecule has 4 nitrogen and oxygen atoms in total. The van der Waals surface area contributed by atoms with Crippen molar-refractivity contribution in [1.82, 2.24) is 9.78 Å². The van der Waals surface area contributed by atoms with Crippen molar-refractivity contribution in [3.8, 4) is 5.69 Å². The number of amides is 1. The molecule has 1 heterocycles. The number of nitrogens with one attached hydrogen (secondary N) is 1. The van der Waals surface area contributed by atoms with E-state index in [0.29, 0.717) is 12.3 Å². The van der Waals surface area contributed by atoms with Crippen molar-refractivity contribution in [2.45, 2.75) is 39.5 Å². The average molecular weight is 283 g/mol. The van der Waals surface area contributed by atoms with Gasteiger partial charge >= 0.3 is 0 Å². The Kier molecular flexibility index (Phi) is 3.78. The van der Waals surface area contributed by atoms with Gasteiger partial charge in [0.2, 0.25) is 5.91 Å². The minimum Gasteiger partial charge on any atom is -0.326 e. The van der Waals surface area contributed by atoms with Crippen LogP contribution in [0.5, 0.6) is 0 Å². The summed E-state index contributed by atoms with van der Waals surface area (Å²) < 4.78 is 1.85. The summed E-state index contributed by atoms with van der Waals surface area (Å²) in [5, 5.41) is 7.44. The highest BCUT2D eigenvalue weighted by molar-refractivity contribution is 5.91. The maximum absolute atomic E-state index is 12.0. The quantitative estimate of drug-likeness (QED) is 0.931. The summed E-state index contributed by atoms with van der Waals surface area (Å²) >= 11 is 0. The van der Waals surface area contributed by atoms with Crippen LogP contribution in [0.15, 0.2) is 30.5 Å². The number of rotatable bonds is 4. The van der Waals surface area contributed by atoms with Crippen molar-refractivity contribution in [2.75, 3.05) is 5.32 Å². The molecule has 1 amide bonds. The highest BCUT2D eigenvalue weighted by atomic mass is 16.1. The molecule has 3 rings (SSSR count). The molecule has 0 unspecified atom stereocenters. The van der Waals surface area contributed by atoms with Gasteiger partial charge in [0.15, 0.2) is 0 Å². The molecule has 1 aromatic carbocycles. The molecule has 0 atom stereocenters. The first kappa shape index (κ1) is 13.9. The third-order valence-corrected chi connectivity index (χ3v) is 4.16. The molecule has 1 saturated carbocycles. The fourth-order valence-electron chi connectivity index (χ4n) is 2.65. The van der Waals surface area contributed by atoms with Gasteiger partial charge in [0.1, 0.15) is 0 Å². The highest BCUT2D eigenvalue weighted by Gasteiger charge is 2.20. The van der Waals surface area contributed by atoms with E-state index in [1.165, 1.54) is 19.3 Å². The number of benzene rings is 1. The Morgan fingerprint density at radius 2 is 2.14 bits per heavy atom. The van der Waals surface area contributed by atoms with Gasteiger partial charge < -0.3 is 5.32 Å². The van der Waals surface area contributed by atoms with E-state index in [1.807, 2.05) is 49.0 Å². The van der Waals surface area contributed by atoms with Crippen molar-refractivity contribution in [1.29, 1.82) is 0 Å². The lowest BCUT2D eigenvalue weighted by molar-refractivity contribution is -0.117. The number of anilines is 1. The second-order valence-electron chi connectivity index (χ2n) is 5.95. The maximum Gasteiger partial charge on any atom is 0.224 e. The summed E-state index contributed by atoms with van der Waals surface area (Å²) in [4.78, 5) is 12.0. The van der Waals surface area contributed by atoms with Crippen LogP contribution in [0.25, 0.3) is 5.69 Å². The normalized spacial score (nSPS) is 14.8. The molecule has 0 radical (unpaired) electrons. The van der Waals surface area contributed by atoms with E-state index in [2.05, 4.69) is 10.4 Å². The van der Waals surface area contributed by atoms with E-state index in [9.17, 15) is 4.79 Å². The molecule has 1 fully saturated rings. The van der Waals surface area contributed by atoms with Crippen LogP contribution in [0.2, 0.25) is 0 Å². The van der Waals surface area contributed by atoms with Gasteiger partial charge in [-0.1, -0.05) is 12.5 Å². The van der Waals surface area contributed by atoms with Crippen molar-refractivity contribution in [3.05, 3.63) is 41.7 Å². The van der Waals surface area contributed by atoms with Gasteiger partial charge in [-0.2, -0.15) is 5.10 Å². The predicted molar refractivity (Wildman–Crippen MR) is 83.6 cm³/mol. The second kappa shape index (κ2) is 5.72. The van der Waals surface area contributed by atoms with E-state index < -0.39 is 0 Å². The number of hydrogen-bond donors (Lipinski definition) is 1. The average Bonchev–Trinajstić information content (AvgIpc) is 2.83. The van der Waals surface area contributed by atoms with Crippen molar-refractivity contribution in [3.63, 3.8) is 0 Å². The molecular weight excluding hydrogens is 262 g/mol. The summed E-state index contributed by atoms with van der Waals surface area (Å²) in [6, 6.07) is 7.93. The van der Waals surface area contributed by atoms with E-state index in [0.717, 1.165) is 22.6 Å². The zero-order valence-electron chi connectivity index (χ0n) is 12.6. The summed E-state index contributed by atoms with van der Waals surface area (Å²) in [5.41, 5.74) is 3.96. The second-order valence-corrected chi connectivity index (χ2v) is 5.95. The molecular formula is C17H21N3O. The first-order chi connectivity index (χ1) is 10.1. The largest absolute Gasteiger partial charge is 0.326 e. The monoisotopic (exact) mass is 283 g/mol. The van der Waals surface area contributed by atoms with Crippen LogP contribution < -0.4 is 5.32 Å². The van der Waals surface area contributed by atoms with Crippen LogP contribution in [0.4, 0.5) is 5.69 Å². The molecule has 21 heavy (non-hydrogen) atoms. The molecule has 110 valence electrons. The van der Waals surface area contributed by atoms with Gasteiger partial charge in [0, 0.05) is 18.3 Å². The van der Waals surface area contributed by atoms with Crippen LogP contribution in [0.3, 0.4) is 0 Å². The number of nitrogens with zero attached hydrogens (tertiary/aromatic N) is 2.